The van der Waals surface area contributed by atoms with Crippen molar-refractivity contribution < 1.29 is 14.3 Å². The molecule has 24 heavy (non-hydrogen) atoms. The van der Waals surface area contributed by atoms with Crippen LogP contribution in [0.3, 0.4) is 0 Å². The van der Waals surface area contributed by atoms with Gasteiger partial charge in [-0.25, -0.2) is 9.69 Å². The SMILES string of the molecule is CN=C(C)[C@@H](CC(C)C)C(=O)N1C(=O)OC[C@@H]1Cc1ccccc1. The summed E-state index contributed by atoms with van der Waals surface area (Å²) >= 11 is 0. The summed E-state index contributed by atoms with van der Waals surface area (Å²) in [5.74, 6) is -0.240. The zero-order valence-corrected chi connectivity index (χ0v) is 14.9. The average molecular weight is 330 g/mol. The summed E-state index contributed by atoms with van der Waals surface area (Å²) in [6, 6.07) is 9.59. The van der Waals surface area contributed by atoms with E-state index in [0.29, 0.717) is 18.8 Å². The summed E-state index contributed by atoms with van der Waals surface area (Å²) in [6.07, 6.45) is 0.734. The number of amides is 2. The molecule has 130 valence electrons. The molecule has 0 saturated carbocycles. The molecule has 5 heteroatoms. The molecular formula is C19H26N2O3. The Hall–Kier alpha value is -2.17. The van der Waals surface area contributed by atoms with E-state index >= 15 is 0 Å². The average Bonchev–Trinajstić information content (AvgIpc) is 2.92. The lowest BCUT2D eigenvalue weighted by atomic mass is 9.91. The maximum absolute atomic E-state index is 13.0. The number of rotatable bonds is 6. The Morgan fingerprint density at radius 2 is 2.00 bits per heavy atom. The van der Waals surface area contributed by atoms with Crippen molar-refractivity contribution in [3.05, 3.63) is 35.9 Å². The van der Waals surface area contributed by atoms with Crippen LogP contribution in [-0.4, -0.2) is 42.3 Å². The minimum absolute atomic E-state index is 0.199. The fraction of sp³-hybridized carbons (Fsp3) is 0.526. The quantitative estimate of drug-likeness (QED) is 0.752. The van der Waals surface area contributed by atoms with E-state index in [9.17, 15) is 9.59 Å². The monoisotopic (exact) mass is 330 g/mol. The molecule has 0 aromatic heterocycles. The molecule has 1 fully saturated rings. The minimum atomic E-state index is -0.543. The van der Waals surface area contributed by atoms with Gasteiger partial charge in [0.25, 0.3) is 0 Å². The van der Waals surface area contributed by atoms with Gasteiger partial charge in [0, 0.05) is 12.8 Å². The van der Waals surface area contributed by atoms with E-state index in [0.717, 1.165) is 11.3 Å². The summed E-state index contributed by atoms with van der Waals surface area (Å²) in [4.78, 5) is 30.7. The van der Waals surface area contributed by atoms with Crippen LogP contribution in [0, 0.1) is 11.8 Å². The van der Waals surface area contributed by atoms with Crippen molar-refractivity contribution in [2.45, 2.75) is 39.7 Å². The fourth-order valence-electron chi connectivity index (χ4n) is 3.01. The molecule has 1 aromatic carbocycles. The van der Waals surface area contributed by atoms with Crippen LogP contribution in [0.1, 0.15) is 32.8 Å². The lowest BCUT2D eigenvalue weighted by Gasteiger charge is -2.26. The van der Waals surface area contributed by atoms with Gasteiger partial charge in [0.1, 0.15) is 6.61 Å². The summed E-state index contributed by atoms with van der Waals surface area (Å²) in [5, 5.41) is 0. The highest BCUT2D eigenvalue weighted by atomic mass is 16.6. The summed E-state index contributed by atoms with van der Waals surface area (Å²) in [7, 11) is 1.68. The molecule has 2 amide bonds. The predicted molar refractivity (Wildman–Crippen MR) is 94.1 cm³/mol. The van der Waals surface area contributed by atoms with Crippen molar-refractivity contribution >= 4 is 17.7 Å². The summed E-state index contributed by atoms with van der Waals surface area (Å²) < 4.78 is 5.17. The van der Waals surface area contributed by atoms with Gasteiger partial charge < -0.3 is 4.74 Å². The number of carbonyl (C=O) groups is 2. The molecule has 1 heterocycles. The Morgan fingerprint density at radius 1 is 1.33 bits per heavy atom. The Bertz CT molecular complexity index is 610. The number of cyclic esters (lactones) is 1. The van der Waals surface area contributed by atoms with Crippen LogP contribution in [0.15, 0.2) is 35.3 Å². The molecule has 0 spiro atoms. The predicted octanol–water partition coefficient (Wildman–Crippen LogP) is 3.33. The molecule has 0 aliphatic carbocycles. The number of ether oxygens (including phenoxy) is 1. The largest absolute Gasteiger partial charge is 0.447 e. The molecule has 1 aromatic rings. The summed E-state index contributed by atoms with van der Waals surface area (Å²) in [6.45, 7) is 6.22. The Morgan fingerprint density at radius 3 is 2.58 bits per heavy atom. The molecule has 0 N–H and O–H groups in total. The van der Waals surface area contributed by atoms with Crippen molar-refractivity contribution in [3.63, 3.8) is 0 Å². The third-order valence-electron chi connectivity index (χ3n) is 4.37. The minimum Gasteiger partial charge on any atom is -0.447 e. The molecular weight excluding hydrogens is 304 g/mol. The third kappa shape index (κ3) is 4.22. The maximum atomic E-state index is 13.0. The first-order valence-electron chi connectivity index (χ1n) is 8.41. The number of imide groups is 1. The molecule has 1 saturated heterocycles. The van der Waals surface area contributed by atoms with E-state index in [1.165, 1.54) is 4.90 Å². The lowest BCUT2D eigenvalue weighted by molar-refractivity contribution is -0.131. The fourth-order valence-corrected chi connectivity index (χ4v) is 3.01. The molecule has 2 rings (SSSR count). The first-order valence-corrected chi connectivity index (χ1v) is 8.41. The molecule has 5 nitrogen and oxygen atoms in total. The Kier molecular flexibility index (Phi) is 6.12. The number of hydrogen-bond acceptors (Lipinski definition) is 4. The molecule has 0 unspecified atom stereocenters. The number of carbonyl (C=O) groups excluding carboxylic acids is 2. The highest BCUT2D eigenvalue weighted by Crippen LogP contribution is 2.24. The van der Waals surface area contributed by atoms with Crippen LogP contribution in [0.4, 0.5) is 4.79 Å². The van der Waals surface area contributed by atoms with E-state index in [1.54, 1.807) is 7.05 Å². The van der Waals surface area contributed by atoms with Crippen molar-refractivity contribution in [1.29, 1.82) is 0 Å². The van der Waals surface area contributed by atoms with Crippen molar-refractivity contribution in [1.82, 2.24) is 4.90 Å². The van der Waals surface area contributed by atoms with Crippen LogP contribution in [0.25, 0.3) is 0 Å². The first kappa shape index (κ1) is 18.2. The number of aliphatic imine (C=N–C) groups is 1. The van der Waals surface area contributed by atoms with E-state index in [-0.39, 0.29) is 24.5 Å². The van der Waals surface area contributed by atoms with Crippen molar-refractivity contribution in [2.24, 2.45) is 16.8 Å². The smallest absolute Gasteiger partial charge is 0.417 e. The van der Waals surface area contributed by atoms with Gasteiger partial charge in [-0.05, 0) is 31.2 Å². The van der Waals surface area contributed by atoms with Crippen molar-refractivity contribution in [3.8, 4) is 0 Å². The topological polar surface area (TPSA) is 59.0 Å². The lowest BCUT2D eigenvalue weighted by Crippen LogP contribution is -2.45. The van der Waals surface area contributed by atoms with Gasteiger partial charge >= 0.3 is 6.09 Å². The van der Waals surface area contributed by atoms with Gasteiger partial charge in [-0.15, -0.1) is 0 Å². The third-order valence-corrected chi connectivity index (χ3v) is 4.37. The zero-order valence-electron chi connectivity index (χ0n) is 14.9. The number of nitrogens with zero attached hydrogens (tertiary/aromatic N) is 2. The van der Waals surface area contributed by atoms with Crippen LogP contribution in [0.2, 0.25) is 0 Å². The van der Waals surface area contributed by atoms with Gasteiger partial charge in [-0.2, -0.15) is 0 Å². The van der Waals surface area contributed by atoms with E-state index < -0.39 is 6.09 Å². The number of hydrogen-bond donors (Lipinski definition) is 0. The van der Waals surface area contributed by atoms with Gasteiger partial charge in [-0.1, -0.05) is 44.2 Å². The van der Waals surface area contributed by atoms with Crippen LogP contribution >= 0.6 is 0 Å². The standard InChI is InChI=1S/C19H26N2O3/c1-13(2)10-17(14(3)20-4)18(22)21-16(12-24-19(21)23)11-15-8-6-5-7-9-15/h5-9,13,16-17H,10-12H2,1-4H3/t16-,17+/m0/s1. The van der Waals surface area contributed by atoms with Gasteiger partial charge in [0.05, 0.1) is 12.0 Å². The first-order chi connectivity index (χ1) is 11.4. The van der Waals surface area contributed by atoms with Gasteiger partial charge in [-0.3, -0.25) is 9.79 Å². The van der Waals surface area contributed by atoms with E-state index in [4.69, 9.17) is 4.74 Å². The number of benzene rings is 1. The zero-order chi connectivity index (χ0) is 17.7. The molecule has 0 bridgehead atoms. The molecule has 1 aliphatic rings. The van der Waals surface area contributed by atoms with E-state index in [2.05, 4.69) is 18.8 Å². The second kappa shape index (κ2) is 8.08. The second-order valence-electron chi connectivity index (χ2n) is 6.68. The van der Waals surface area contributed by atoms with Crippen molar-refractivity contribution in [2.75, 3.05) is 13.7 Å². The maximum Gasteiger partial charge on any atom is 0.417 e. The molecule has 2 atom stereocenters. The van der Waals surface area contributed by atoms with Crippen LogP contribution in [0.5, 0.6) is 0 Å². The van der Waals surface area contributed by atoms with E-state index in [1.807, 2.05) is 37.3 Å². The second-order valence-corrected chi connectivity index (χ2v) is 6.68. The molecule has 0 radical (unpaired) electrons. The summed E-state index contributed by atoms with van der Waals surface area (Å²) in [5.41, 5.74) is 1.84. The normalized spacial score (nSPS) is 19.5. The highest BCUT2D eigenvalue weighted by Gasteiger charge is 2.41. The van der Waals surface area contributed by atoms with Gasteiger partial charge in [0.2, 0.25) is 5.91 Å². The Labute approximate surface area is 143 Å². The Balaban J connectivity index is 2.21. The van der Waals surface area contributed by atoms with Crippen LogP contribution in [-0.2, 0) is 16.0 Å². The van der Waals surface area contributed by atoms with Crippen LogP contribution < -0.4 is 0 Å². The molecule has 1 aliphatic heterocycles. The highest BCUT2D eigenvalue weighted by molar-refractivity contribution is 6.07. The van der Waals surface area contributed by atoms with Gasteiger partial charge in [0.15, 0.2) is 0 Å².